The van der Waals surface area contributed by atoms with Gasteiger partial charge in [0.15, 0.2) is 18.1 Å². The number of methoxy groups -OCH3 is 2. The smallest absolute Gasteiger partial charge is 0.337 e. The first-order valence-electron chi connectivity index (χ1n) is 6.76. The lowest BCUT2D eigenvalue weighted by Crippen LogP contribution is -2.03. The van der Waals surface area contributed by atoms with Gasteiger partial charge in [0, 0.05) is 5.92 Å². The number of carbonyl (C=O) groups excluding carboxylic acids is 1. The molecule has 22 heavy (non-hydrogen) atoms. The Morgan fingerprint density at radius 3 is 2.59 bits per heavy atom. The fourth-order valence-electron chi connectivity index (χ4n) is 1.73. The molecule has 0 amide bonds. The number of benzene rings is 1. The summed E-state index contributed by atoms with van der Waals surface area (Å²) in [5.74, 6) is 1.55. The fourth-order valence-corrected chi connectivity index (χ4v) is 1.73. The minimum absolute atomic E-state index is 0.119. The summed E-state index contributed by atoms with van der Waals surface area (Å²) in [5, 5.41) is 7.84. The van der Waals surface area contributed by atoms with Crippen molar-refractivity contribution in [3.63, 3.8) is 0 Å². The summed E-state index contributed by atoms with van der Waals surface area (Å²) in [6.07, 6.45) is 0. The number of hydrogen-bond donors (Lipinski definition) is 0. The van der Waals surface area contributed by atoms with Gasteiger partial charge in [0.2, 0.25) is 5.89 Å². The van der Waals surface area contributed by atoms with E-state index in [1.807, 2.05) is 13.8 Å². The van der Waals surface area contributed by atoms with Gasteiger partial charge in [0.25, 0.3) is 5.89 Å². The van der Waals surface area contributed by atoms with Crippen LogP contribution in [-0.4, -0.2) is 30.4 Å². The third-order valence-corrected chi connectivity index (χ3v) is 2.91. The number of hydrogen-bond acceptors (Lipinski definition) is 7. The van der Waals surface area contributed by atoms with Gasteiger partial charge in [0.1, 0.15) is 0 Å². The zero-order valence-corrected chi connectivity index (χ0v) is 13.0. The van der Waals surface area contributed by atoms with Crippen LogP contribution in [0.4, 0.5) is 0 Å². The van der Waals surface area contributed by atoms with Crippen LogP contribution in [0.15, 0.2) is 22.6 Å². The Balaban J connectivity index is 2.10. The molecule has 118 valence electrons. The Labute approximate surface area is 128 Å². The molecule has 0 N–H and O–H groups in total. The van der Waals surface area contributed by atoms with E-state index < -0.39 is 5.97 Å². The number of rotatable bonds is 6. The summed E-state index contributed by atoms with van der Waals surface area (Å²) in [7, 11) is 2.81. The molecule has 0 spiro atoms. The maximum absolute atomic E-state index is 11.5. The number of carbonyl (C=O) groups is 1. The first-order chi connectivity index (χ1) is 10.5. The largest absolute Gasteiger partial charge is 0.493 e. The summed E-state index contributed by atoms with van der Waals surface area (Å²) in [4.78, 5) is 11.5. The van der Waals surface area contributed by atoms with E-state index in [1.54, 1.807) is 18.2 Å². The number of esters is 1. The zero-order valence-electron chi connectivity index (χ0n) is 13.0. The molecule has 0 aliphatic carbocycles. The van der Waals surface area contributed by atoms with Crippen molar-refractivity contribution in [2.24, 2.45) is 0 Å². The molecule has 0 atom stereocenters. The average Bonchev–Trinajstić information content (AvgIpc) is 3.01. The van der Waals surface area contributed by atoms with Gasteiger partial charge in [-0.3, -0.25) is 0 Å². The van der Waals surface area contributed by atoms with Crippen molar-refractivity contribution >= 4 is 5.97 Å². The van der Waals surface area contributed by atoms with E-state index in [1.165, 1.54) is 14.2 Å². The molecule has 7 nitrogen and oxygen atoms in total. The molecule has 1 aromatic heterocycles. The van der Waals surface area contributed by atoms with E-state index in [0.717, 1.165) is 0 Å². The van der Waals surface area contributed by atoms with Crippen molar-refractivity contribution in [3.8, 4) is 11.5 Å². The lowest BCUT2D eigenvalue weighted by molar-refractivity contribution is 0.0600. The Morgan fingerprint density at radius 1 is 1.23 bits per heavy atom. The molecular formula is C15H18N2O5. The minimum atomic E-state index is -0.441. The monoisotopic (exact) mass is 306 g/mol. The van der Waals surface area contributed by atoms with Crippen LogP contribution in [-0.2, 0) is 11.3 Å². The van der Waals surface area contributed by atoms with Crippen molar-refractivity contribution in [2.75, 3.05) is 14.2 Å². The second-order valence-electron chi connectivity index (χ2n) is 4.83. The molecule has 0 saturated carbocycles. The Morgan fingerprint density at radius 2 is 2.00 bits per heavy atom. The first-order valence-corrected chi connectivity index (χ1v) is 6.76. The average molecular weight is 306 g/mol. The van der Waals surface area contributed by atoms with Gasteiger partial charge in [-0.05, 0) is 18.2 Å². The van der Waals surface area contributed by atoms with Crippen LogP contribution in [0, 0.1) is 0 Å². The third kappa shape index (κ3) is 3.55. The molecule has 2 aromatic rings. The summed E-state index contributed by atoms with van der Waals surface area (Å²) in [6, 6.07) is 4.77. The van der Waals surface area contributed by atoms with Crippen molar-refractivity contribution in [1.29, 1.82) is 0 Å². The summed E-state index contributed by atoms with van der Waals surface area (Å²) >= 11 is 0. The van der Waals surface area contributed by atoms with Gasteiger partial charge in [-0.25, -0.2) is 4.79 Å². The first kappa shape index (κ1) is 15.8. The molecule has 1 heterocycles. The third-order valence-electron chi connectivity index (χ3n) is 2.91. The molecule has 0 radical (unpaired) electrons. The molecule has 2 rings (SSSR count). The van der Waals surface area contributed by atoms with Crippen molar-refractivity contribution < 1.29 is 23.4 Å². The Kier molecular flexibility index (Phi) is 4.98. The quantitative estimate of drug-likeness (QED) is 0.758. The normalized spacial score (nSPS) is 10.6. The standard InChI is InChI=1S/C15H18N2O5/c1-9(2)14-17-16-13(22-14)8-21-11-6-5-10(15(18)20-4)7-12(11)19-3/h5-7,9H,8H2,1-4H3. The molecular weight excluding hydrogens is 288 g/mol. The zero-order chi connectivity index (χ0) is 16.1. The van der Waals surface area contributed by atoms with E-state index in [4.69, 9.17) is 13.9 Å². The highest BCUT2D eigenvalue weighted by atomic mass is 16.5. The molecule has 0 bridgehead atoms. The van der Waals surface area contributed by atoms with Gasteiger partial charge in [0.05, 0.1) is 19.8 Å². The van der Waals surface area contributed by atoms with Gasteiger partial charge in [-0.15, -0.1) is 10.2 Å². The van der Waals surface area contributed by atoms with E-state index in [2.05, 4.69) is 14.9 Å². The lowest BCUT2D eigenvalue weighted by Gasteiger charge is -2.10. The molecule has 0 aliphatic heterocycles. The second-order valence-corrected chi connectivity index (χ2v) is 4.83. The molecule has 0 aliphatic rings. The lowest BCUT2D eigenvalue weighted by atomic mass is 10.2. The number of aromatic nitrogens is 2. The second kappa shape index (κ2) is 6.93. The highest BCUT2D eigenvalue weighted by molar-refractivity contribution is 5.90. The highest BCUT2D eigenvalue weighted by Gasteiger charge is 2.14. The molecule has 7 heteroatoms. The predicted molar refractivity (Wildman–Crippen MR) is 77.1 cm³/mol. The van der Waals surface area contributed by atoms with E-state index >= 15 is 0 Å². The summed E-state index contributed by atoms with van der Waals surface area (Å²) < 4.78 is 20.9. The summed E-state index contributed by atoms with van der Waals surface area (Å²) in [5.41, 5.74) is 0.381. The topological polar surface area (TPSA) is 83.7 Å². The van der Waals surface area contributed by atoms with Crippen LogP contribution >= 0.6 is 0 Å². The van der Waals surface area contributed by atoms with Crippen molar-refractivity contribution in [1.82, 2.24) is 10.2 Å². The van der Waals surface area contributed by atoms with Crippen LogP contribution in [0.1, 0.15) is 41.9 Å². The number of nitrogens with zero attached hydrogens (tertiary/aromatic N) is 2. The van der Waals surface area contributed by atoms with E-state index in [-0.39, 0.29) is 12.5 Å². The Bertz CT molecular complexity index is 651. The van der Waals surface area contributed by atoms with Crippen LogP contribution in [0.25, 0.3) is 0 Å². The van der Waals surface area contributed by atoms with Gasteiger partial charge < -0.3 is 18.6 Å². The Hall–Kier alpha value is -2.57. The van der Waals surface area contributed by atoms with E-state index in [9.17, 15) is 4.79 Å². The maximum Gasteiger partial charge on any atom is 0.337 e. The fraction of sp³-hybridized carbons (Fsp3) is 0.400. The highest BCUT2D eigenvalue weighted by Crippen LogP contribution is 2.29. The maximum atomic E-state index is 11.5. The molecule has 0 saturated heterocycles. The molecule has 0 fully saturated rings. The summed E-state index contributed by atoms with van der Waals surface area (Å²) in [6.45, 7) is 4.05. The van der Waals surface area contributed by atoms with Crippen LogP contribution in [0.5, 0.6) is 11.5 Å². The van der Waals surface area contributed by atoms with Crippen LogP contribution in [0.2, 0.25) is 0 Å². The van der Waals surface area contributed by atoms with Gasteiger partial charge >= 0.3 is 5.97 Å². The minimum Gasteiger partial charge on any atom is -0.493 e. The van der Waals surface area contributed by atoms with Crippen molar-refractivity contribution in [3.05, 3.63) is 35.5 Å². The molecule has 0 unspecified atom stereocenters. The SMILES string of the molecule is COC(=O)c1ccc(OCc2nnc(C(C)C)o2)c(OC)c1. The van der Waals surface area contributed by atoms with Gasteiger partial charge in [-0.2, -0.15) is 0 Å². The number of ether oxygens (including phenoxy) is 3. The molecule has 1 aromatic carbocycles. The van der Waals surface area contributed by atoms with Crippen LogP contribution < -0.4 is 9.47 Å². The van der Waals surface area contributed by atoms with Gasteiger partial charge in [-0.1, -0.05) is 13.8 Å². The van der Waals surface area contributed by atoms with Crippen molar-refractivity contribution in [2.45, 2.75) is 26.4 Å². The predicted octanol–water partition coefficient (Wildman–Crippen LogP) is 2.57. The van der Waals surface area contributed by atoms with E-state index in [0.29, 0.717) is 28.8 Å². The van der Waals surface area contributed by atoms with Crippen LogP contribution in [0.3, 0.4) is 0 Å².